The Hall–Kier alpha value is -1.67. The van der Waals surface area contributed by atoms with Crippen LogP contribution in [0.4, 0.5) is 4.39 Å². The van der Waals surface area contributed by atoms with Gasteiger partial charge < -0.3 is 0 Å². The summed E-state index contributed by atoms with van der Waals surface area (Å²) < 4.78 is 13.0. The zero-order valence-corrected chi connectivity index (χ0v) is 10.7. The minimum Gasteiger partial charge on any atom is -0.294 e. The van der Waals surface area contributed by atoms with Crippen LogP contribution in [0.25, 0.3) is 0 Å². The van der Waals surface area contributed by atoms with Gasteiger partial charge in [0.05, 0.1) is 5.02 Å². The fraction of sp³-hybridized carbons (Fsp3) is 0.133. The summed E-state index contributed by atoms with van der Waals surface area (Å²) in [5.41, 5.74) is 2.49. The molecule has 0 atom stereocenters. The van der Waals surface area contributed by atoms with E-state index in [9.17, 15) is 9.18 Å². The zero-order valence-electron chi connectivity index (χ0n) is 9.91. The van der Waals surface area contributed by atoms with Crippen molar-refractivity contribution in [3.05, 3.63) is 70.0 Å². The topological polar surface area (TPSA) is 17.1 Å². The van der Waals surface area contributed by atoms with Crippen LogP contribution in [-0.2, 0) is 6.42 Å². The van der Waals surface area contributed by atoms with Gasteiger partial charge in [-0.2, -0.15) is 0 Å². The Labute approximate surface area is 110 Å². The summed E-state index contributed by atoms with van der Waals surface area (Å²) >= 11 is 5.66. The molecule has 0 N–H and O–H groups in total. The van der Waals surface area contributed by atoms with Gasteiger partial charge in [-0.05, 0) is 30.7 Å². The second-order valence-corrected chi connectivity index (χ2v) is 4.63. The van der Waals surface area contributed by atoms with E-state index in [-0.39, 0.29) is 10.8 Å². The molecule has 0 aliphatic carbocycles. The van der Waals surface area contributed by atoms with E-state index in [1.807, 2.05) is 31.2 Å². The van der Waals surface area contributed by atoms with Gasteiger partial charge in [-0.25, -0.2) is 4.39 Å². The molecular weight excluding hydrogens is 251 g/mol. The first-order valence-corrected chi connectivity index (χ1v) is 5.98. The molecule has 0 aliphatic rings. The molecule has 2 rings (SSSR count). The van der Waals surface area contributed by atoms with Crippen LogP contribution in [0, 0.1) is 12.7 Å². The number of halogens is 2. The molecule has 0 bridgehead atoms. The number of ketones is 1. The van der Waals surface area contributed by atoms with Crippen molar-refractivity contribution < 1.29 is 9.18 Å². The fourth-order valence-corrected chi connectivity index (χ4v) is 1.96. The minimum atomic E-state index is -0.510. The normalized spacial score (nSPS) is 10.4. The maximum absolute atomic E-state index is 13.0. The Morgan fingerprint density at radius 2 is 2.00 bits per heavy atom. The van der Waals surface area contributed by atoms with Gasteiger partial charge >= 0.3 is 0 Å². The van der Waals surface area contributed by atoms with Crippen molar-refractivity contribution in [3.63, 3.8) is 0 Å². The Morgan fingerprint density at radius 3 is 2.67 bits per heavy atom. The van der Waals surface area contributed by atoms with Crippen molar-refractivity contribution >= 4 is 17.4 Å². The van der Waals surface area contributed by atoms with E-state index in [2.05, 4.69) is 0 Å². The second kappa shape index (κ2) is 5.32. The third-order valence-electron chi connectivity index (χ3n) is 2.69. The van der Waals surface area contributed by atoms with Crippen LogP contribution in [0.3, 0.4) is 0 Å². The van der Waals surface area contributed by atoms with Crippen LogP contribution in [0.5, 0.6) is 0 Å². The fourth-order valence-electron chi connectivity index (χ4n) is 1.78. The molecule has 0 unspecified atom stereocenters. The van der Waals surface area contributed by atoms with Gasteiger partial charge in [0.1, 0.15) is 5.82 Å². The summed E-state index contributed by atoms with van der Waals surface area (Å²) in [5, 5.41) is -0.0231. The minimum absolute atomic E-state index is 0.0231. The zero-order chi connectivity index (χ0) is 13.1. The Kier molecular flexibility index (Phi) is 3.78. The number of hydrogen-bond donors (Lipinski definition) is 0. The van der Waals surface area contributed by atoms with Crippen molar-refractivity contribution in [2.24, 2.45) is 0 Å². The SMILES string of the molecule is Cc1cccc(CC(=O)c2ccc(F)c(Cl)c2)c1. The lowest BCUT2D eigenvalue weighted by atomic mass is 10.0. The number of carbonyl (C=O) groups is 1. The molecule has 0 heterocycles. The maximum atomic E-state index is 13.0. The van der Waals surface area contributed by atoms with E-state index in [1.165, 1.54) is 18.2 Å². The molecule has 0 aromatic heterocycles. The highest BCUT2D eigenvalue weighted by Crippen LogP contribution is 2.17. The Morgan fingerprint density at radius 1 is 1.22 bits per heavy atom. The van der Waals surface area contributed by atoms with Gasteiger partial charge in [-0.3, -0.25) is 4.79 Å². The number of hydrogen-bond acceptors (Lipinski definition) is 1. The summed E-state index contributed by atoms with van der Waals surface area (Å²) in [7, 11) is 0. The van der Waals surface area contributed by atoms with Gasteiger partial charge in [0, 0.05) is 12.0 Å². The van der Waals surface area contributed by atoms with Gasteiger partial charge in [0.2, 0.25) is 0 Å². The predicted molar refractivity (Wildman–Crippen MR) is 70.6 cm³/mol. The van der Waals surface area contributed by atoms with Gasteiger partial charge in [0.25, 0.3) is 0 Å². The highest BCUT2D eigenvalue weighted by Gasteiger charge is 2.09. The highest BCUT2D eigenvalue weighted by atomic mass is 35.5. The van der Waals surface area contributed by atoms with Gasteiger partial charge in [-0.15, -0.1) is 0 Å². The average Bonchev–Trinajstić information content (AvgIpc) is 2.32. The molecule has 2 aromatic carbocycles. The molecule has 18 heavy (non-hydrogen) atoms. The molecule has 3 heteroatoms. The smallest absolute Gasteiger partial charge is 0.167 e. The first-order valence-electron chi connectivity index (χ1n) is 5.60. The van der Waals surface area contributed by atoms with Crippen LogP contribution >= 0.6 is 11.6 Å². The maximum Gasteiger partial charge on any atom is 0.167 e. The van der Waals surface area contributed by atoms with Crippen LogP contribution in [0.15, 0.2) is 42.5 Å². The first-order chi connectivity index (χ1) is 8.56. The number of carbonyl (C=O) groups excluding carboxylic acids is 1. The Bertz CT molecular complexity index is 593. The van der Waals surface area contributed by atoms with Crippen LogP contribution in [-0.4, -0.2) is 5.78 Å². The molecule has 0 aliphatic heterocycles. The lowest BCUT2D eigenvalue weighted by Gasteiger charge is -2.03. The molecule has 0 fully saturated rings. The molecule has 1 nitrogen and oxygen atoms in total. The number of Topliss-reactive ketones (excluding diaryl/α,β-unsaturated/α-hetero) is 1. The van der Waals surface area contributed by atoms with Crippen LogP contribution in [0.2, 0.25) is 5.02 Å². The summed E-state index contributed by atoms with van der Waals surface area (Å²) in [6.45, 7) is 1.97. The predicted octanol–water partition coefficient (Wildman–Crippen LogP) is 4.21. The van der Waals surface area contributed by atoms with E-state index >= 15 is 0 Å². The third-order valence-corrected chi connectivity index (χ3v) is 2.98. The highest BCUT2D eigenvalue weighted by molar-refractivity contribution is 6.31. The van der Waals surface area contributed by atoms with E-state index in [4.69, 9.17) is 11.6 Å². The van der Waals surface area contributed by atoms with E-state index in [1.54, 1.807) is 0 Å². The third kappa shape index (κ3) is 2.96. The summed E-state index contributed by atoms with van der Waals surface area (Å²) in [6.07, 6.45) is 0.295. The molecule has 92 valence electrons. The average molecular weight is 263 g/mol. The Balaban J connectivity index is 2.19. The first kappa shape index (κ1) is 12.8. The molecule has 0 saturated carbocycles. The molecular formula is C15H12ClFO. The van der Waals surface area contributed by atoms with Crippen molar-refractivity contribution in [3.8, 4) is 0 Å². The number of rotatable bonds is 3. The summed E-state index contributed by atoms with van der Waals surface area (Å²) in [4.78, 5) is 12.0. The number of benzene rings is 2. The lowest BCUT2D eigenvalue weighted by molar-refractivity contribution is 0.0993. The van der Waals surface area contributed by atoms with Gasteiger partial charge in [-0.1, -0.05) is 41.4 Å². The molecule has 0 amide bonds. The standard InChI is InChI=1S/C15H12ClFO/c1-10-3-2-4-11(7-10)8-15(18)12-5-6-14(17)13(16)9-12/h2-7,9H,8H2,1H3. The van der Waals surface area contributed by atoms with E-state index < -0.39 is 5.82 Å². The summed E-state index contributed by atoms with van der Waals surface area (Å²) in [6, 6.07) is 11.8. The van der Waals surface area contributed by atoms with E-state index in [0.29, 0.717) is 12.0 Å². The van der Waals surface area contributed by atoms with Crippen molar-refractivity contribution in [2.45, 2.75) is 13.3 Å². The molecule has 0 spiro atoms. The quantitative estimate of drug-likeness (QED) is 0.757. The van der Waals surface area contributed by atoms with Crippen LogP contribution < -0.4 is 0 Å². The molecule has 0 radical (unpaired) electrons. The van der Waals surface area contributed by atoms with Crippen LogP contribution in [0.1, 0.15) is 21.5 Å². The molecule has 2 aromatic rings. The monoisotopic (exact) mass is 262 g/mol. The molecule has 0 saturated heterocycles. The van der Waals surface area contributed by atoms with Crippen molar-refractivity contribution in [1.82, 2.24) is 0 Å². The largest absolute Gasteiger partial charge is 0.294 e. The van der Waals surface area contributed by atoms with E-state index in [0.717, 1.165) is 11.1 Å². The van der Waals surface area contributed by atoms with Gasteiger partial charge in [0.15, 0.2) is 5.78 Å². The summed E-state index contributed by atoms with van der Waals surface area (Å²) in [5.74, 6) is -0.578. The van der Waals surface area contributed by atoms with Crippen molar-refractivity contribution in [2.75, 3.05) is 0 Å². The van der Waals surface area contributed by atoms with Crippen molar-refractivity contribution in [1.29, 1.82) is 0 Å². The number of aryl methyl sites for hydroxylation is 1. The second-order valence-electron chi connectivity index (χ2n) is 4.22. The lowest BCUT2D eigenvalue weighted by Crippen LogP contribution is -2.04.